The molecule has 2 rings (SSSR count). The average molecular weight is 308 g/mol. The molecule has 0 saturated heterocycles. The van der Waals surface area contributed by atoms with Gasteiger partial charge in [0.15, 0.2) is 0 Å². The van der Waals surface area contributed by atoms with Crippen molar-refractivity contribution in [3.63, 3.8) is 0 Å². The van der Waals surface area contributed by atoms with Crippen LogP contribution in [0.5, 0.6) is 0 Å². The second-order valence-electron chi connectivity index (χ2n) is 4.08. The Morgan fingerprint density at radius 1 is 1.33 bits per heavy atom. The molecule has 0 unspecified atom stereocenters. The van der Waals surface area contributed by atoms with Crippen molar-refractivity contribution in [2.24, 2.45) is 0 Å². The van der Waals surface area contributed by atoms with Crippen molar-refractivity contribution in [3.8, 4) is 0 Å². The van der Waals surface area contributed by atoms with Crippen LogP contribution >= 0.6 is 11.3 Å². The van der Waals surface area contributed by atoms with Crippen LogP contribution in [0.2, 0.25) is 0 Å². The summed E-state index contributed by atoms with van der Waals surface area (Å²) in [6.07, 6.45) is 0. The van der Waals surface area contributed by atoms with Crippen LogP contribution in [-0.4, -0.2) is 18.5 Å². The van der Waals surface area contributed by atoms with E-state index in [2.05, 4.69) is 5.32 Å². The van der Waals surface area contributed by atoms with E-state index in [1.165, 1.54) is 18.2 Å². The van der Waals surface area contributed by atoms with E-state index in [9.17, 15) is 14.0 Å². The fourth-order valence-corrected chi connectivity index (χ4v) is 2.43. The minimum Gasteiger partial charge on any atom is -0.462 e. The number of nitrogen functional groups attached to an aromatic ring is 1. The molecule has 0 atom stereocenters. The van der Waals surface area contributed by atoms with E-state index >= 15 is 0 Å². The SMILES string of the molecule is CCOC(=O)c1ccsc1NC(=O)c1ccc(N)cc1F. The summed E-state index contributed by atoms with van der Waals surface area (Å²) in [7, 11) is 0. The summed E-state index contributed by atoms with van der Waals surface area (Å²) in [6, 6.07) is 5.32. The number of ether oxygens (including phenoxy) is 1. The Balaban J connectivity index is 2.20. The smallest absolute Gasteiger partial charge is 0.341 e. The van der Waals surface area contributed by atoms with Crippen molar-refractivity contribution in [2.45, 2.75) is 6.92 Å². The van der Waals surface area contributed by atoms with E-state index in [0.717, 1.165) is 17.4 Å². The first-order valence-corrected chi connectivity index (χ1v) is 7.02. The lowest BCUT2D eigenvalue weighted by Gasteiger charge is -2.07. The maximum absolute atomic E-state index is 13.7. The molecule has 0 bridgehead atoms. The van der Waals surface area contributed by atoms with Gasteiger partial charge in [0.25, 0.3) is 5.91 Å². The molecule has 3 N–H and O–H groups in total. The number of anilines is 2. The molecule has 0 fully saturated rings. The predicted molar refractivity (Wildman–Crippen MR) is 79.0 cm³/mol. The van der Waals surface area contributed by atoms with Crippen LogP contribution in [0.15, 0.2) is 29.6 Å². The first-order valence-electron chi connectivity index (χ1n) is 6.14. The predicted octanol–water partition coefficient (Wildman–Crippen LogP) is 2.90. The lowest BCUT2D eigenvalue weighted by Crippen LogP contribution is -2.15. The first kappa shape index (κ1) is 15.0. The molecule has 1 amide bonds. The van der Waals surface area contributed by atoms with Gasteiger partial charge in [0.2, 0.25) is 0 Å². The number of halogens is 1. The van der Waals surface area contributed by atoms with Gasteiger partial charge in [-0.2, -0.15) is 0 Å². The van der Waals surface area contributed by atoms with Crippen molar-refractivity contribution in [3.05, 3.63) is 46.6 Å². The monoisotopic (exact) mass is 308 g/mol. The third kappa shape index (κ3) is 3.38. The van der Waals surface area contributed by atoms with E-state index in [1.54, 1.807) is 12.3 Å². The lowest BCUT2D eigenvalue weighted by molar-refractivity contribution is 0.0528. The molecular formula is C14H13FN2O3S. The molecule has 0 aliphatic heterocycles. The summed E-state index contributed by atoms with van der Waals surface area (Å²) in [4.78, 5) is 23.7. The Bertz CT molecular complexity index is 685. The molecular weight excluding hydrogens is 295 g/mol. The van der Waals surface area contributed by atoms with Gasteiger partial charge >= 0.3 is 5.97 Å². The lowest BCUT2D eigenvalue weighted by atomic mass is 10.2. The third-order valence-corrected chi connectivity index (χ3v) is 3.46. The molecule has 2 aromatic rings. The normalized spacial score (nSPS) is 10.2. The summed E-state index contributed by atoms with van der Waals surface area (Å²) in [5.41, 5.74) is 5.75. The number of carbonyl (C=O) groups is 2. The Morgan fingerprint density at radius 3 is 2.76 bits per heavy atom. The van der Waals surface area contributed by atoms with Crippen LogP contribution in [0.3, 0.4) is 0 Å². The second-order valence-corrected chi connectivity index (χ2v) is 4.99. The van der Waals surface area contributed by atoms with Crippen molar-refractivity contribution in [1.82, 2.24) is 0 Å². The molecule has 0 aliphatic carbocycles. The van der Waals surface area contributed by atoms with Crippen molar-refractivity contribution >= 4 is 33.9 Å². The highest BCUT2D eigenvalue weighted by Gasteiger charge is 2.18. The number of carbonyl (C=O) groups excluding carboxylic acids is 2. The summed E-state index contributed by atoms with van der Waals surface area (Å²) >= 11 is 1.16. The minimum absolute atomic E-state index is 0.146. The minimum atomic E-state index is -0.721. The molecule has 1 heterocycles. The standard InChI is InChI=1S/C14H13FN2O3S/c1-2-20-14(19)10-5-6-21-13(10)17-12(18)9-4-3-8(16)7-11(9)15/h3-7H,2,16H2,1H3,(H,17,18). The molecule has 0 spiro atoms. The Kier molecular flexibility index (Phi) is 4.54. The molecule has 7 heteroatoms. The second kappa shape index (κ2) is 6.36. The maximum atomic E-state index is 13.7. The maximum Gasteiger partial charge on any atom is 0.341 e. The van der Waals surface area contributed by atoms with Gasteiger partial charge in [-0.25, -0.2) is 9.18 Å². The van der Waals surface area contributed by atoms with E-state index in [0.29, 0.717) is 5.00 Å². The number of esters is 1. The van der Waals surface area contributed by atoms with E-state index in [4.69, 9.17) is 10.5 Å². The van der Waals surface area contributed by atoms with Gasteiger partial charge in [-0.05, 0) is 36.6 Å². The molecule has 5 nitrogen and oxygen atoms in total. The van der Waals surface area contributed by atoms with Crippen LogP contribution < -0.4 is 11.1 Å². The average Bonchev–Trinajstić information content (AvgIpc) is 2.87. The highest BCUT2D eigenvalue weighted by atomic mass is 32.1. The Morgan fingerprint density at radius 2 is 2.10 bits per heavy atom. The van der Waals surface area contributed by atoms with E-state index < -0.39 is 17.7 Å². The van der Waals surface area contributed by atoms with Crippen LogP contribution in [0.25, 0.3) is 0 Å². The molecule has 0 radical (unpaired) electrons. The van der Waals surface area contributed by atoms with Crippen molar-refractivity contribution in [2.75, 3.05) is 17.7 Å². The zero-order chi connectivity index (χ0) is 15.4. The summed E-state index contributed by atoms with van der Waals surface area (Å²) in [6.45, 7) is 1.92. The van der Waals surface area contributed by atoms with Crippen molar-refractivity contribution in [1.29, 1.82) is 0 Å². The quantitative estimate of drug-likeness (QED) is 0.672. The zero-order valence-electron chi connectivity index (χ0n) is 11.2. The van der Waals surface area contributed by atoms with Crippen LogP contribution in [0.4, 0.5) is 15.1 Å². The first-order chi connectivity index (χ1) is 10.0. The number of nitrogens with one attached hydrogen (secondary N) is 1. The van der Waals surface area contributed by atoms with Crippen LogP contribution in [0, 0.1) is 5.82 Å². The summed E-state index contributed by atoms with van der Waals surface area (Å²) in [5, 5.41) is 4.46. The zero-order valence-corrected chi connectivity index (χ0v) is 12.0. The Hall–Kier alpha value is -2.41. The highest BCUT2D eigenvalue weighted by Crippen LogP contribution is 2.25. The topological polar surface area (TPSA) is 81.4 Å². The molecule has 0 aliphatic rings. The highest BCUT2D eigenvalue weighted by molar-refractivity contribution is 7.14. The number of hydrogen-bond donors (Lipinski definition) is 2. The molecule has 110 valence electrons. The van der Waals surface area contributed by atoms with Gasteiger partial charge < -0.3 is 15.8 Å². The fraction of sp³-hybridized carbons (Fsp3) is 0.143. The van der Waals surface area contributed by atoms with E-state index in [1.807, 2.05) is 0 Å². The van der Waals surface area contributed by atoms with Crippen molar-refractivity contribution < 1.29 is 18.7 Å². The summed E-state index contributed by atoms with van der Waals surface area (Å²) < 4.78 is 18.6. The number of nitrogens with two attached hydrogens (primary N) is 1. The molecule has 1 aromatic heterocycles. The van der Waals surface area contributed by atoms with Gasteiger partial charge in [0, 0.05) is 5.69 Å². The molecule has 21 heavy (non-hydrogen) atoms. The summed E-state index contributed by atoms with van der Waals surface area (Å²) in [5.74, 6) is -1.91. The number of benzene rings is 1. The van der Waals surface area contributed by atoms with Gasteiger partial charge in [-0.15, -0.1) is 11.3 Å². The van der Waals surface area contributed by atoms with E-state index in [-0.39, 0.29) is 23.4 Å². The third-order valence-electron chi connectivity index (χ3n) is 2.63. The Labute approximate surface area is 124 Å². The van der Waals surface area contributed by atoms with Gasteiger partial charge in [0.1, 0.15) is 10.8 Å². The molecule has 1 aromatic carbocycles. The number of amides is 1. The van der Waals surface area contributed by atoms with Gasteiger partial charge in [-0.1, -0.05) is 0 Å². The largest absolute Gasteiger partial charge is 0.462 e. The van der Waals surface area contributed by atoms with Gasteiger partial charge in [-0.3, -0.25) is 4.79 Å². The number of thiophene rings is 1. The number of rotatable bonds is 4. The van der Waals surface area contributed by atoms with Gasteiger partial charge in [0.05, 0.1) is 17.7 Å². The number of hydrogen-bond acceptors (Lipinski definition) is 5. The van der Waals surface area contributed by atoms with Crippen LogP contribution in [0.1, 0.15) is 27.6 Å². The molecule has 0 saturated carbocycles. The van der Waals surface area contributed by atoms with Crippen LogP contribution in [-0.2, 0) is 4.74 Å². The fourth-order valence-electron chi connectivity index (χ4n) is 1.66.